The van der Waals surface area contributed by atoms with Gasteiger partial charge >= 0.3 is 0 Å². The maximum atomic E-state index is 5.06. The predicted molar refractivity (Wildman–Crippen MR) is 37.8 cm³/mol. The Bertz CT molecular complexity index is 206. The monoisotopic (exact) mass is 135 g/mol. The van der Waals surface area contributed by atoms with E-state index in [-0.39, 0.29) is 0 Å². The van der Waals surface area contributed by atoms with Crippen LogP contribution in [0, 0.1) is 0 Å². The van der Waals surface area contributed by atoms with Crippen LogP contribution in [0.1, 0.15) is 11.5 Å². The third-order valence-corrected chi connectivity index (χ3v) is 1.79. The molecule has 0 bridgehead atoms. The van der Waals surface area contributed by atoms with E-state index in [1.807, 2.05) is 12.3 Å². The quantitative estimate of drug-likeness (QED) is 0.577. The average Bonchev–Trinajstić information content (AvgIpc) is 1.86. The van der Waals surface area contributed by atoms with Crippen LogP contribution < -0.4 is 0 Å². The Kier molecular flexibility index (Phi) is 1.40. The van der Waals surface area contributed by atoms with Gasteiger partial charge in [-0.2, -0.15) is 0 Å². The van der Waals surface area contributed by atoms with Gasteiger partial charge in [-0.25, -0.2) is 0 Å². The van der Waals surface area contributed by atoms with Gasteiger partial charge in [0.05, 0.1) is 13.2 Å². The van der Waals surface area contributed by atoms with Crippen LogP contribution in [0.3, 0.4) is 0 Å². The summed E-state index contributed by atoms with van der Waals surface area (Å²) < 4.78 is 5.06. The molecule has 2 nitrogen and oxygen atoms in total. The molecule has 0 unspecified atom stereocenters. The molecule has 0 saturated carbocycles. The van der Waals surface area contributed by atoms with Crippen molar-refractivity contribution in [2.45, 2.75) is 5.92 Å². The zero-order valence-corrected chi connectivity index (χ0v) is 5.66. The van der Waals surface area contributed by atoms with Crippen molar-refractivity contribution in [3.05, 3.63) is 30.1 Å². The number of ether oxygens (including phenoxy) is 1. The van der Waals surface area contributed by atoms with Gasteiger partial charge in [-0.3, -0.25) is 4.98 Å². The lowest BCUT2D eigenvalue weighted by Crippen LogP contribution is -2.24. The molecule has 2 heteroatoms. The minimum absolute atomic E-state index is 0.605. The Morgan fingerprint density at radius 2 is 2.40 bits per heavy atom. The standard InChI is InChI=1S/C8H9NO/c1-2-7(4-9-3-1)8-5-10-6-8/h1-4,8H,5-6H2. The zero-order valence-electron chi connectivity index (χ0n) is 5.66. The van der Waals surface area contributed by atoms with Gasteiger partial charge in [-0.15, -0.1) is 0 Å². The van der Waals surface area contributed by atoms with Crippen molar-refractivity contribution in [2.75, 3.05) is 13.2 Å². The Labute approximate surface area is 59.9 Å². The van der Waals surface area contributed by atoms with Gasteiger partial charge in [0.2, 0.25) is 0 Å². The lowest BCUT2D eigenvalue weighted by Gasteiger charge is -2.25. The predicted octanol–water partition coefficient (Wildman–Crippen LogP) is 1.20. The largest absolute Gasteiger partial charge is 0.380 e. The second-order valence-corrected chi connectivity index (χ2v) is 2.52. The van der Waals surface area contributed by atoms with E-state index >= 15 is 0 Å². The molecule has 0 radical (unpaired) electrons. The van der Waals surface area contributed by atoms with Crippen LogP contribution in [0.5, 0.6) is 0 Å². The molecule has 0 amide bonds. The molecule has 0 atom stereocenters. The Morgan fingerprint density at radius 1 is 1.50 bits per heavy atom. The van der Waals surface area contributed by atoms with Crippen molar-refractivity contribution in [1.29, 1.82) is 0 Å². The summed E-state index contributed by atoms with van der Waals surface area (Å²) in [5.74, 6) is 0.605. The van der Waals surface area contributed by atoms with Gasteiger partial charge in [0, 0.05) is 18.3 Å². The van der Waals surface area contributed by atoms with Gasteiger partial charge in [-0.1, -0.05) is 6.07 Å². The van der Waals surface area contributed by atoms with E-state index in [1.54, 1.807) is 6.20 Å². The molecule has 1 aliphatic heterocycles. The van der Waals surface area contributed by atoms with Crippen molar-refractivity contribution >= 4 is 0 Å². The van der Waals surface area contributed by atoms with Crippen molar-refractivity contribution in [2.24, 2.45) is 0 Å². The van der Waals surface area contributed by atoms with E-state index < -0.39 is 0 Å². The number of nitrogens with zero attached hydrogens (tertiary/aromatic N) is 1. The maximum absolute atomic E-state index is 5.06. The zero-order chi connectivity index (χ0) is 6.81. The van der Waals surface area contributed by atoms with Gasteiger partial charge in [0.1, 0.15) is 0 Å². The Balaban J connectivity index is 2.18. The molecular formula is C8H9NO. The van der Waals surface area contributed by atoms with Crippen LogP contribution >= 0.6 is 0 Å². The molecule has 0 spiro atoms. The molecule has 0 N–H and O–H groups in total. The summed E-state index contributed by atoms with van der Waals surface area (Å²) in [7, 11) is 0. The highest BCUT2D eigenvalue weighted by Crippen LogP contribution is 2.22. The SMILES string of the molecule is c1cncc(C2COC2)c1. The van der Waals surface area contributed by atoms with Gasteiger partial charge in [0.25, 0.3) is 0 Å². The van der Waals surface area contributed by atoms with Crippen LogP contribution in [0.4, 0.5) is 0 Å². The summed E-state index contributed by atoms with van der Waals surface area (Å²) in [6.45, 7) is 1.73. The minimum Gasteiger partial charge on any atom is -0.380 e. The lowest BCUT2D eigenvalue weighted by atomic mass is 10.00. The molecular weight excluding hydrogens is 126 g/mol. The third-order valence-electron chi connectivity index (χ3n) is 1.79. The third kappa shape index (κ3) is 0.907. The average molecular weight is 135 g/mol. The minimum atomic E-state index is 0.605. The molecule has 10 heavy (non-hydrogen) atoms. The number of hydrogen-bond donors (Lipinski definition) is 0. The normalized spacial score (nSPS) is 18.4. The van der Waals surface area contributed by atoms with Crippen LogP contribution in [0.2, 0.25) is 0 Å². The maximum Gasteiger partial charge on any atom is 0.0557 e. The molecule has 0 aliphatic carbocycles. The molecule has 1 aromatic heterocycles. The van der Waals surface area contributed by atoms with Gasteiger partial charge in [-0.05, 0) is 11.6 Å². The lowest BCUT2D eigenvalue weighted by molar-refractivity contribution is 0.00829. The number of pyridine rings is 1. The smallest absolute Gasteiger partial charge is 0.0557 e. The first-order chi connectivity index (χ1) is 4.97. The fourth-order valence-electron chi connectivity index (χ4n) is 1.05. The van der Waals surface area contributed by atoms with Crippen molar-refractivity contribution < 1.29 is 4.74 Å². The molecule has 1 aromatic rings. The van der Waals surface area contributed by atoms with Crippen molar-refractivity contribution in [1.82, 2.24) is 4.98 Å². The van der Waals surface area contributed by atoms with Crippen LogP contribution in [-0.4, -0.2) is 18.2 Å². The molecule has 0 aromatic carbocycles. The fourth-order valence-corrected chi connectivity index (χ4v) is 1.05. The van der Waals surface area contributed by atoms with E-state index in [2.05, 4.69) is 11.1 Å². The highest BCUT2D eigenvalue weighted by Gasteiger charge is 2.19. The number of aromatic nitrogens is 1. The fraction of sp³-hybridized carbons (Fsp3) is 0.375. The molecule has 2 heterocycles. The molecule has 1 fully saturated rings. The summed E-state index contributed by atoms with van der Waals surface area (Å²) in [6, 6.07) is 4.06. The molecule has 1 aliphatic rings. The summed E-state index contributed by atoms with van der Waals surface area (Å²) in [5, 5.41) is 0. The van der Waals surface area contributed by atoms with Crippen LogP contribution in [0.15, 0.2) is 24.5 Å². The topological polar surface area (TPSA) is 22.1 Å². The van der Waals surface area contributed by atoms with E-state index in [0.29, 0.717) is 5.92 Å². The van der Waals surface area contributed by atoms with E-state index in [0.717, 1.165) is 13.2 Å². The second-order valence-electron chi connectivity index (χ2n) is 2.52. The molecule has 1 saturated heterocycles. The van der Waals surface area contributed by atoms with Crippen molar-refractivity contribution in [3.63, 3.8) is 0 Å². The van der Waals surface area contributed by atoms with E-state index in [4.69, 9.17) is 4.74 Å². The molecule has 52 valence electrons. The summed E-state index contributed by atoms with van der Waals surface area (Å²) in [6.07, 6.45) is 3.70. The van der Waals surface area contributed by atoms with E-state index in [9.17, 15) is 0 Å². The highest BCUT2D eigenvalue weighted by atomic mass is 16.5. The highest BCUT2D eigenvalue weighted by molar-refractivity contribution is 5.16. The van der Waals surface area contributed by atoms with Crippen LogP contribution in [-0.2, 0) is 4.74 Å². The summed E-state index contributed by atoms with van der Waals surface area (Å²) >= 11 is 0. The Morgan fingerprint density at radius 3 is 2.90 bits per heavy atom. The summed E-state index contributed by atoms with van der Waals surface area (Å²) in [4.78, 5) is 4.03. The van der Waals surface area contributed by atoms with Gasteiger partial charge < -0.3 is 4.74 Å². The Hall–Kier alpha value is -0.890. The van der Waals surface area contributed by atoms with E-state index in [1.165, 1.54) is 5.56 Å². The van der Waals surface area contributed by atoms with Crippen molar-refractivity contribution in [3.8, 4) is 0 Å². The number of hydrogen-bond acceptors (Lipinski definition) is 2. The van der Waals surface area contributed by atoms with Gasteiger partial charge in [0.15, 0.2) is 0 Å². The first kappa shape index (κ1) is 5.86. The first-order valence-electron chi connectivity index (χ1n) is 3.44. The van der Waals surface area contributed by atoms with Crippen LogP contribution in [0.25, 0.3) is 0 Å². The second kappa shape index (κ2) is 2.39. The first-order valence-corrected chi connectivity index (χ1v) is 3.44. The molecule has 2 rings (SSSR count). The summed E-state index contributed by atoms with van der Waals surface area (Å²) in [5.41, 5.74) is 1.30. The number of rotatable bonds is 1.